The van der Waals surface area contributed by atoms with E-state index in [2.05, 4.69) is 10.1 Å². The van der Waals surface area contributed by atoms with E-state index < -0.39 is 0 Å². The smallest absolute Gasteiger partial charge is 0.249 e. The fraction of sp³-hybridized carbons (Fsp3) is 0.318. The fourth-order valence-electron chi connectivity index (χ4n) is 3.66. The molecule has 7 nitrogen and oxygen atoms in total. The van der Waals surface area contributed by atoms with Crippen LogP contribution in [0.25, 0.3) is 11.4 Å². The lowest BCUT2D eigenvalue weighted by Crippen LogP contribution is -2.32. The van der Waals surface area contributed by atoms with Gasteiger partial charge in [0, 0.05) is 12.1 Å². The SMILES string of the molecule is COc1ccc(-c2noc([C@@H]3CCCN3C(=O)Cc3ccccc3)n2)cc1OC. The number of aromatic nitrogens is 2. The first-order valence-electron chi connectivity index (χ1n) is 9.59. The van der Waals surface area contributed by atoms with Gasteiger partial charge in [-0.05, 0) is 36.6 Å². The third kappa shape index (κ3) is 3.94. The average Bonchev–Trinajstić information content (AvgIpc) is 3.43. The van der Waals surface area contributed by atoms with Crippen LogP contribution in [-0.4, -0.2) is 41.7 Å². The molecule has 1 amide bonds. The average molecular weight is 393 g/mol. The predicted molar refractivity (Wildman–Crippen MR) is 107 cm³/mol. The van der Waals surface area contributed by atoms with Crippen molar-refractivity contribution in [2.75, 3.05) is 20.8 Å². The zero-order chi connectivity index (χ0) is 20.2. The molecule has 0 spiro atoms. The largest absolute Gasteiger partial charge is 0.493 e. The standard InChI is InChI=1S/C22H23N3O4/c1-27-18-11-10-16(14-19(18)28-2)21-23-22(29-24-21)17-9-6-12-25(17)20(26)13-15-7-4-3-5-8-15/h3-5,7-8,10-11,14,17H,6,9,12-13H2,1-2H3/t17-/m0/s1. The zero-order valence-corrected chi connectivity index (χ0v) is 16.5. The van der Waals surface area contributed by atoms with E-state index >= 15 is 0 Å². The summed E-state index contributed by atoms with van der Waals surface area (Å²) in [6, 6.07) is 15.0. The second-order valence-electron chi connectivity index (χ2n) is 6.93. The quantitative estimate of drug-likeness (QED) is 0.636. The van der Waals surface area contributed by atoms with Gasteiger partial charge in [0.2, 0.25) is 17.6 Å². The van der Waals surface area contributed by atoms with Crippen molar-refractivity contribution >= 4 is 5.91 Å². The van der Waals surface area contributed by atoms with Crippen LogP contribution in [0.3, 0.4) is 0 Å². The van der Waals surface area contributed by atoms with Crippen molar-refractivity contribution < 1.29 is 18.8 Å². The highest BCUT2D eigenvalue weighted by molar-refractivity contribution is 5.79. The Morgan fingerprint density at radius 1 is 1.14 bits per heavy atom. The van der Waals surface area contributed by atoms with Crippen LogP contribution in [0, 0.1) is 0 Å². The molecule has 0 N–H and O–H groups in total. The molecule has 0 aliphatic carbocycles. The highest BCUT2D eigenvalue weighted by Gasteiger charge is 2.34. The molecule has 1 atom stereocenters. The van der Waals surface area contributed by atoms with Crippen LogP contribution in [0.2, 0.25) is 0 Å². The molecular weight excluding hydrogens is 370 g/mol. The minimum atomic E-state index is -0.187. The highest BCUT2D eigenvalue weighted by Crippen LogP contribution is 2.34. The van der Waals surface area contributed by atoms with E-state index in [0.717, 1.165) is 24.0 Å². The predicted octanol–water partition coefficient (Wildman–Crippen LogP) is 3.66. The number of carbonyl (C=O) groups excluding carboxylic acids is 1. The number of methoxy groups -OCH3 is 2. The lowest BCUT2D eigenvalue weighted by molar-refractivity contribution is -0.131. The Kier molecular flexibility index (Phi) is 5.46. The molecule has 0 saturated carbocycles. The summed E-state index contributed by atoms with van der Waals surface area (Å²) in [5.41, 5.74) is 1.76. The monoisotopic (exact) mass is 393 g/mol. The van der Waals surface area contributed by atoms with Gasteiger partial charge in [0.15, 0.2) is 11.5 Å². The summed E-state index contributed by atoms with van der Waals surface area (Å²) in [6.07, 6.45) is 2.10. The van der Waals surface area contributed by atoms with Gasteiger partial charge in [0.05, 0.1) is 20.6 Å². The first-order valence-corrected chi connectivity index (χ1v) is 9.59. The Labute approximate surface area is 169 Å². The second-order valence-corrected chi connectivity index (χ2v) is 6.93. The van der Waals surface area contributed by atoms with Crippen LogP contribution in [-0.2, 0) is 11.2 Å². The topological polar surface area (TPSA) is 77.7 Å². The number of likely N-dealkylation sites (tertiary alicyclic amines) is 1. The van der Waals surface area contributed by atoms with Crippen LogP contribution in [0.4, 0.5) is 0 Å². The van der Waals surface area contributed by atoms with Gasteiger partial charge in [-0.25, -0.2) is 0 Å². The molecule has 0 radical (unpaired) electrons. The van der Waals surface area contributed by atoms with Gasteiger partial charge in [-0.15, -0.1) is 0 Å². The summed E-state index contributed by atoms with van der Waals surface area (Å²) >= 11 is 0. The highest BCUT2D eigenvalue weighted by atomic mass is 16.5. The van der Waals surface area contributed by atoms with Crippen molar-refractivity contribution in [3.05, 3.63) is 60.0 Å². The minimum absolute atomic E-state index is 0.0737. The van der Waals surface area contributed by atoms with Crippen molar-refractivity contribution in [3.8, 4) is 22.9 Å². The van der Waals surface area contributed by atoms with Gasteiger partial charge in [0.25, 0.3) is 0 Å². The Balaban J connectivity index is 1.53. The van der Waals surface area contributed by atoms with Gasteiger partial charge in [-0.1, -0.05) is 35.5 Å². The molecule has 2 aromatic carbocycles. The summed E-state index contributed by atoms with van der Waals surface area (Å²) < 4.78 is 16.2. The number of hydrogen-bond donors (Lipinski definition) is 0. The maximum Gasteiger partial charge on any atom is 0.249 e. The maximum absolute atomic E-state index is 12.8. The van der Waals surface area contributed by atoms with Gasteiger partial charge >= 0.3 is 0 Å². The molecule has 150 valence electrons. The summed E-state index contributed by atoms with van der Waals surface area (Å²) in [6.45, 7) is 0.699. The maximum atomic E-state index is 12.8. The summed E-state index contributed by atoms with van der Waals surface area (Å²) in [4.78, 5) is 19.2. The molecule has 2 heterocycles. The molecular formula is C22H23N3O4. The molecule has 7 heteroatoms. The molecule has 0 unspecified atom stereocenters. The Morgan fingerprint density at radius 3 is 2.69 bits per heavy atom. The molecule has 0 bridgehead atoms. The number of carbonyl (C=O) groups is 1. The Hall–Kier alpha value is -3.35. The number of benzene rings is 2. The fourth-order valence-corrected chi connectivity index (χ4v) is 3.66. The summed E-state index contributed by atoms with van der Waals surface area (Å²) in [5, 5.41) is 4.12. The third-order valence-corrected chi connectivity index (χ3v) is 5.14. The van der Waals surface area contributed by atoms with Crippen molar-refractivity contribution in [2.24, 2.45) is 0 Å². The van der Waals surface area contributed by atoms with Gasteiger partial charge < -0.3 is 18.9 Å². The van der Waals surface area contributed by atoms with E-state index in [1.165, 1.54) is 0 Å². The van der Waals surface area contributed by atoms with Gasteiger partial charge in [-0.3, -0.25) is 4.79 Å². The molecule has 4 rings (SSSR count). The van der Waals surface area contributed by atoms with E-state index in [4.69, 9.17) is 14.0 Å². The van der Waals surface area contributed by atoms with E-state index in [1.54, 1.807) is 26.4 Å². The molecule has 1 fully saturated rings. The molecule has 1 aliphatic rings. The summed E-state index contributed by atoms with van der Waals surface area (Å²) in [7, 11) is 3.17. The molecule has 3 aromatic rings. The van der Waals surface area contributed by atoms with Gasteiger partial charge in [0.1, 0.15) is 6.04 Å². The molecule has 1 aromatic heterocycles. The van der Waals surface area contributed by atoms with Crippen LogP contribution in [0.5, 0.6) is 11.5 Å². The van der Waals surface area contributed by atoms with E-state index in [9.17, 15) is 4.79 Å². The lowest BCUT2D eigenvalue weighted by Gasteiger charge is -2.21. The van der Waals surface area contributed by atoms with Crippen LogP contribution in [0.15, 0.2) is 53.1 Å². The van der Waals surface area contributed by atoms with E-state index in [1.807, 2.05) is 41.3 Å². The number of nitrogens with zero attached hydrogens (tertiary/aromatic N) is 3. The van der Waals surface area contributed by atoms with Crippen LogP contribution in [0.1, 0.15) is 30.3 Å². The summed E-state index contributed by atoms with van der Waals surface area (Å²) in [5.74, 6) is 2.23. The first kappa shape index (κ1) is 19.0. The van der Waals surface area contributed by atoms with Crippen LogP contribution < -0.4 is 9.47 Å². The number of ether oxygens (including phenoxy) is 2. The van der Waals surface area contributed by atoms with E-state index in [0.29, 0.717) is 36.2 Å². The zero-order valence-electron chi connectivity index (χ0n) is 16.5. The van der Waals surface area contributed by atoms with Crippen LogP contribution >= 0.6 is 0 Å². The Morgan fingerprint density at radius 2 is 1.93 bits per heavy atom. The van der Waals surface area contributed by atoms with Crippen molar-refractivity contribution in [1.82, 2.24) is 15.0 Å². The van der Waals surface area contributed by atoms with Gasteiger partial charge in [-0.2, -0.15) is 4.98 Å². The lowest BCUT2D eigenvalue weighted by atomic mass is 10.1. The molecule has 1 aliphatic heterocycles. The molecule has 29 heavy (non-hydrogen) atoms. The van der Waals surface area contributed by atoms with Crippen molar-refractivity contribution in [1.29, 1.82) is 0 Å². The molecule has 1 saturated heterocycles. The number of amides is 1. The van der Waals surface area contributed by atoms with E-state index in [-0.39, 0.29) is 11.9 Å². The second kappa shape index (κ2) is 8.34. The minimum Gasteiger partial charge on any atom is -0.493 e. The third-order valence-electron chi connectivity index (χ3n) is 5.14. The van der Waals surface area contributed by atoms with Crippen molar-refractivity contribution in [2.45, 2.75) is 25.3 Å². The normalized spacial score (nSPS) is 16.1. The van der Waals surface area contributed by atoms with Crippen molar-refractivity contribution in [3.63, 3.8) is 0 Å². The number of hydrogen-bond acceptors (Lipinski definition) is 6. The Bertz CT molecular complexity index is 987. The first-order chi connectivity index (χ1) is 14.2. The number of rotatable bonds is 6.